The maximum absolute atomic E-state index is 5.36. The molecule has 1 rings (SSSR count). The molecule has 2 unspecified atom stereocenters. The van der Waals surface area contributed by atoms with E-state index in [9.17, 15) is 0 Å². The molecule has 0 saturated carbocycles. The molecule has 2 nitrogen and oxygen atoms in total. The lowest BCUT2D eigenvalue weighted by molar-refractivity contribution is 0.0817. The van der Waals surface area contributed by atoms with E-state index in [1.807, 2.05) is 21.0 Å². The summed E-state index contributed by atoms with van der Waals surface area (Å²) in [5.74, 6) is 0.697. The average Bonchev–Trinajstić information content (AvgIpc) is 2.50. The van der Waals surface area contributed by atoms with E-state index in [0.717, 1.165) is 6.54 Å². The molecule has 2 atom stereocenters. The minimum Gasteiger partial charge on any atom is -0.380 e. The summed E-state index contributed by atoms with van der Waals surface area (Å²) in [6.07, 6.45) is 0.456. The molecule has 1 heterocycles. The fraction of sp³-hybridized carbons (Fsp3) is 1.00. The van der Waals surface area contributed by atoms with Crippen LogP contribution >= 0.6 is 0 Å². The van der Waals surface area contributed by atoms with Crippen LogP contribution in [-0.2, 0) is 4.74 Å². The number of methoxy groups -OCH3 is 1. The molecule has 1 fully saturated rings. The van der Waals surface area contributed by atoms with Crippen LogP contribution in [0.4, 0.5) is 0 Å². The van der Waals surface area contributed by atoms with E-state index >= 15 is 0 Å². The highest BCUT2D eigenvalue weighted by atomic mass is 16.5. The van der Waals surface area contributed by atoms with Gasteiger partial charge in [-0.05, 0) is 19.8 Å². The summed E-state index contributed by atoms with van der Waals surface area (Å²) in [4.78, 5) is 2.47. The van der Waals surface area contributed by atoms with Crippen molar-refractivity contribution in [2.45, 2.75) is 46.8 Å². The SMILES string of the molecule is CC.COC1CN(C(C)C)CC1C. The van der Waals surface area contributed by atoms with Crippen LogP contribution in [0.15, 0.2) is 0 Å². The van der Waals surface area contributed by atoms with Crippen molar-refractivity contribution in [1.82, 2.24) is 4.90 Å². The minimum absolute atomic E-state index is 0.456. The zero-order valence-electron chi connectivity index (χ0n) is 10.0. The fourth-order valence-corrected chi connectivity index (χ4v) is 1.70. The average molecular weight is 187 g/mol. The quantitative estimate of drug-likeness (QED) is 0.658. The molecule has 1 aliphatic heterocycles. The van der Waals surface area contributed by atoms with Gasteiger partial charge in [0.05, 0.1) is 6.10 Å². The molecule has 0 amide bonds. The van der Waals surface area contributed by atoms with Crippen molar-refractivity contribution in [3.8, 4) is 0 Å². The summed E-state index contributed by atoms with van der Waals surface area (Å²) >= 11 is 0. The van der Waals surface area contributed by atoms with E-state index in [1.165, 1.54) is 6.54 Å². The Balaban J connectivity index is 0.000000671. The second-order valence-electron chi connectivity index (χ2n) is 3.80. The molecule has 0 radical (unpaired) electrons. The van der Waals surface area contributed by atoms with Crippen molar-refractivity contribution >= 4 is 0 Å². The number of nitrogens with zero attached hydrogens (tertiary/aromatic N) is 1. The molecule has 13 heavy (non-hydrogen) atoms. The Hall–Kier alpha value is -0.0800. The van der Waals surface area contributed by atoms with Gasteiger partial charge in [0, 0.05) is 26.2 Å². The minimum atomic E-state index is 0.456. The van der Waals surface area contributed by atoms with Crippen LogP contribution < -0.4 is 0 Å². The zero-order valence-corrected chi connectivity index (χ0v) is 10.0. The summed E-state index contributed by atoms with van der Waals surface area (Å²) in [6, 6.07) is 0.664. The Labute approximate surface area is 83.3 Å². The Morgan fingerprint density at radius 3 is 2.00 bits per heavy atom. The van der Waals surface area contributed by atoms with Crippen LogP contribution in [0, 0.1) is 5.92 Å². The normalized spacial score (nSPS) is 28.8. The standard InChI is InChI=1S/C9H19NO.C2H6/c1-7(2)10-5-8(3)9(6-10)11-4;1-2/h7-9H,5-6H2,1-4H3;1-2H3. The highest BCUT2D eigenvalue weighted by Gasteiger charge is 2.30. The highest BCUT2D eigenvalue weighted by molar-refractivity contribution is 4.83. The van der Waals surface area contributed by atoms with Gasteiger partial charge in [0.1, 0.15) is 0 Å². The smallest absolute Gasteiger partial charge is 0.0735 e. The van der Waals surface area contributed by atoms with Gasteiger partial charge in [0.25, 0.3) is 0 Å². The van der Waals surface area contributed by atoms with Gasteiger partial charge in [-0.25, -0.2) is 0 Å². The number of likely N-dealkylation sites (tertiary alicyclic amines) is 1. The van der Waals surface area contributed by atoms with Crippen LogP contribution in [0.1, 0.15) is 34.6 Å². The molecule has 0 spiro atoms. The topological polar surface area (TPSA) is 12.5 Å². The molecule has 2 heteroatoms. The van der Waals surface area contributed by atoms with Crippen LogP contribution in [0.5, 0.6) is 0 Å². The third kappa shape index (κ3) is 3.65. The van der Waals surface area contributed by atoms with Gasteiger partial charge < -0.3 is 4.74 Å². The van der Waals surface area contributed by atoms with Gasteiger partial charge in [-0.3, -0.25) is 4.90 Å². The molecule has 80 valence electrons. The molecular weight excluding hydrogens is 162 g/mol. The summed E-state index contributed by atoms with van der Waals surface area (Å²) in [5, 5.41) is 0. The van der Waals surface area contributed by atoms with Crippen molar-refractivity contribution in [3.63, 3.8) is 0 Å². The second kappa shape index (κ2) is 6.39. The molecule has 1 aliphatic rings. The first-order valence-corrected chi connectivity index (χ1v) is 5.42. The summed E-state index contributed by atoms with van der Waals surface area (Å²) < 4.78 is 5.36. The molecule has 0 aromatic carbocycles. The van der Waals surface area contributed by atoms with E-state index in [0.29, 0.717) is 18.1 Å². The van der Waals surface area contributed by atoms with E-state index < -0.39 is 0 Å². The van der Waals surface area contributed by atoms with Gasteiger partial charge in [-0.2, -0.15) is 0 Å². The van der Waals surface area contributed by atoms with Crippen molar-refractivity contribution in [2.75, 3.05) is 20.2 Å². The third-order valence-corrected chi connectivity index (χ3v) is 2.60. The Bertz CT molecular complexity index is 125. The van der Waals surface area contributed by atoms with Gasteiger partial charge >= 0.3 is 0 Å². The predicted octanol–water partition coefficient (Wildman–Crippen LogP) is 2.39. The molecule has 0 aliphatic carbocycles. The molecule has 0 aromatic rings. The molecule has 1 saturated heterocycles. The van der Waals surface area contributed by atoms with Crippen LogP contribution in [0.3, 0.4) is 0 Å². The van der Waals surface area contributed by atoms with Gasteiger partial charge in [0.2, 0.25) is 0 Å². The monoisotopic (exact) mass is 187 g/mol. The summed E-state index contributed by atoms with van der Waals surface area (Å²) in [5.41, 5.74) is 0. The lowest BCUT2D eigenvalue weighted by atomic mass is 10.1. The number of hydrogen-bond donors (Lipinski definition) is 0. The maximum Gasteiger partial charge on any atom is 0.0735 e. The predicted molar refractivity (Wildman–Crippen MR) is 58.0 cm³/mol. The van der Waals surface area contributed by atoms with Crippen LogP contribution in [-0.4, -0.2) is 37.2 Å². The number of hydrogen-bond acceptors (Lipinski definition) is 2. The van der Waals surface area contributed by atoms with Crippen molar-refractivity contribution in [1.29, 1.82) is 0 Å². The lowest BCUT2D eigenvalue weighted by Gasteiger charge is -2.19. The molecule has 0 bridgehead atoms. The lowest BCUT2D eigenvalue weighted by Crippen LogP contribution is -2.29. The van der Waals surface area contributed by atoms with E-state index in [1.54, 1.807) is 0 Å². The maximum atomic E-state index is 5.36. The molecule has 0 N–H and O–H groups in total. The van der Waals surface area contributed by atoms with Crippen LogP contribution in [0.2, 0.25) is 0 Å². The molecule has 0 aromatic heterocycles. The van der Waals surface area contributed by atoms with Gasteiger partial charge in [0.15, 0.2) is 0 Å². The Morgan fingerprint density at radius 2 is 1.77 bits per heavy atom. The molecular formula is C11H25NO. The van der Waals surface area contributed by atoms with Crippen molar-refractivity contribution in [2.24, 2.45) is 5.92 Å². The second-order valence-corrected chi connectivity index (χ2v) is 3.80. The van der Waals surface area contributed by atoms with E-state index in [-0.39, 0.29) is 0 Å². The summed E-state index contributed by atoms with van der Waals surface area (Å²) in [6.45, 7) is 13.0. The first-order valence-electron chi connectivity index (χ1n) is 5.42. The Kier molecular flexibility index (Phi) is 6.35. The van der Waals surface area contributed by atoms with Gasteiger partial charge in [-0.15, -0.1) is 0 Å². The van der Waals surface area contributed by atoms with E-state index in [2.05, 4.69) is 25.7 Å². The van der Waals surface area contributed by atoms with Crippen molar-refractivity contribution in [3.05, 3.63) is 0 Å². The largest absolute Gasteiger partial charge is 0.380 e. The van der Waals surface area contributed by atoms with Crippen molar-refractivity contribution < 1.29 is 4.74 Å². The number of rotatable bonds is 2. The van der Waals surface area contributed by atoms with E-state index in [4.69, 9.17) is 4.74 Å². The first-order chi connectivity index (χ1) is 6.15. The Morgan fingerprint density at radius 1 is 1.23 bits per heavy atom. The van der Waals surface area contributed by atoms with Gasteiger partial charge in [-0.1, -0.05) is 20.8 Å². The summed E-state index contributed by atoms with van der Waals surface area (Å²) in [7, 11) is 1.81. The highest BCUT2D eigenvalue weighted by Crippen LogP contribution is 2.20. The van der Waals surface area contributed by atoms with Crippen LogP contribution in [0.25, 0.3) is 0 Å². The third-order valence-electron chi connectivity index (χ3n) is 2.60. The fourth-order valence-electron chi connectivity index (χ4n) is 1.70. The first kappa shape index (κ1) is 12.9. The number of ether oxygens (including phenoxy) is 1. The zero-order chi connectivity index (χ0) is 10.4.